The van der Waals surface area contributed by atoms with Gasteiger partial charge in [0, 0.05) is 12.8 Å². The maximum Gasteiger partial charge on any atom is 0.305 e. The van der Waals surface area contributed by atoms with Crippen molar-refractivity contribution in [1.29, 1.82) is 0 Å². The van der Waals surface area contributed by atoms with E-state index in [0.29, 0.717) is 19.4 Å². The van der Waals surface area contributed by atoms with E-state index in [1.165, 1.54) is 180 Å². The van der Waals surface area contributed by atoms with Gasteiger partial charge in [-0.3, -0.25) is 9.59 Å². The van der Waals surface area contributed by atoms with Crippen LogP contribution in [0.25, 0.3) is 0 Å². The van der Waals surface area contributed by atoms with Crippen LogP contribution >= 0.6 is 0 Å². The molecule has 0 radical (unpaired) electrons. The Balaban J connectivity index is 3.52. The zero-order valence-electron chi connectivity index (χ0n) is 40.6. The Bertz CT molecular complexity index is 993. The Morgan fingerprint density at radius 1 is 0.459 bits per heavy atom. The van der Waals surface area contributed by atoms with Crippen molar-refractivity contribution in [2.24, 2.45) is 0 Å². The van der Waals surface area contributed by atoms with E-state index in [1.54, 1.807) is 6.08 Å². The highest BCUT2D eigenvalue weighted by Crippen LogP contribution is 2.16. The van der Waals surface area contributed by atoms with Crippen molar-refractivity contribution < 1.29 is 24.5 Å². The molecule has 0 saturated carbocycles. The van der Waals surface area contributed by atoms with Crippen LogP contribution in [0.5, 0.6) is 0 Å². The summed E-state index contributed by atoms with van der Waals surface area (Å²) in [5, 5.41) is 23.1. The highest BCUT2D eigenvalue weighted by molar-refractivity contribution is 5.76. The zero-order chi connectivity index (χ0) is 44.4. The van der Waals surface area contributed by atoms with E-state index in [0.717, 1.165) is 70.6 Å². The lowest BCUT2D eigenvalue weighted by atomic mass is 10.0. The molecule has 0 aromatic heterocycles. The first-order chi connectivity index (χ1) is 30.0. The van der Waals surface area contributed by atoms with Crippen LogP contribution in [0.3, 0.4) is 0 Å². The van der Waals surface area contributed by atoms with E-state index >= 15 is 0 Å². The first-order valence-corrected chi connectivity index (χ1v) is 26.8. The van der Waals surface area contributed by atoms with Crippen LogP contribution in [0.4, 0.5) is 0 Å². The van der Waals surface area contributed by atoms with E-state index < -0.39 is 12.1 Å². The van der Waals surface area contributed by atoms with Gasteiger partial charge in [-0.2, -0.15) is 0 Å². The maximum atomic E-state index is 12.5. The minimum Gasteiger partial charge on any atom is -0.466 e. The molecule has 1 amide bonds. The highest BCUT2D eigenvalue weighted by Gasteiger charge is 2.18. The van der Waals surface area contributed by atoms with Gasteiger partial charge in [-0.05, 0) is 57.8 Å². The third-order valence-electron chi connectivity index (χ3n) is 12.1. The summed E-state index contributed by atoms with van der Waals surface area (Å²) in [7, 11) is 0. The Kier molecular flexibility index (Phi) is 49.1. The summed E-state index contributed by atoms with van der Waals surface area (Å²) in [5.74, 6) is -0.118. The van der Waals surface area contributed by atoms with Crippen LogP contribution in [-0.2, 0) is 14.3 Å². The average molecular weight is 858 g/mol. The lowest BCUT2D eigenvalue weighted by Crippen LogP contribution is -2.45. The Labute approximate surface area is 379 Å². The summed E-state index contributed by atoms with van der Waals surface area (Å²) < 4.78 is 5.44. The van der Waals surface area contributed by atoms with Crippen molar-refractivity contribution in [3.63, 3.8) is 0 Å². The molecular weight excluding hydrogens is 755 g/mol. The number of allylic oxidation sites excluding steroid dienone is 5. The molecule has 0 aromatic carbocycles. The number of aliphatic hydroxyl groups excluding tert-OH is 2. The summed E-state index contributed by atoms with van der Waals surface area (Å²) in [5.41, 5.74) is 0. The van der Waals surface area contributed by atoms with Crippen LogP contribution in [0, 0.1) is 0 Å². The first kappa shape index (κ1) is 59.1. The second-order valence-electron chi connectivity index (χ2n) is 18.2. The lowest BCUT2D eigenvalue weighted by molar-refractivity contribution is -0.143. The second-order valence-corrected chi connectivity index (χ2v) is 18.2. The molecule has 0 bridgehead atoms. The number of aliphatic hydroxyl groups is 2. The largest absolute Gasteiger partial charge is 0.466 e. The normalized spacial score (nSPS) is 12.9. The van der Waals surface area contributed by atoms with Gasteiger partial charge in [0.15, 0.2) is 0 Å². The topological polar surface area (TPSA) is 95.9 Å². The molecule has 358 valence electrons. The van der Waals surface area contributed by atoms with E-state index in [1.807, 2.05) is 6.08 Å². The molecule has 0 rings (SSSR count). The predicted octanol–water partition coefficient (Wildman–Crippen LogP) is 16.1. The van der Waals surface area contributed by atoms with E-state index in [-0.39, 0.29) is 18.5 Å². The Morgan fingerprint density at radius 3 is 1.31 bits per heavy atom. The third-order valence-corrected chi connectivity index (χ3v) is 12.1. The van der Waals surface area contributed by atoms with Gasteiger partial charge >= 0.3 is 5.97 Å². The van der Waals surface area contributed by atoms with Crippen molar-refractivity contribution in [3.8, 4) is 0 Å². The molecular formula is C55H103NO5. The van der Waals surface area contributed by atoms with Gasteiger partial charge in [0.25, 0.3) is 0 Å². The zero-order valence-corrected chi connectivity index (χ0v) is 40.6. The maximum absolute atomic E-state index is 12.5. The quantitative estimate of drug-likeness (QED) is 0.0322. The molecule has 0 aliphatic rings. The number of hydrogen-bond donors (Lipinski definition) is 3. The van der Waals surface area contributed by atoms with E-state index in [9.17, 15) is 19.8 Å². The number of rotatable bonds is 49. The number of carbonyl (C=O) groups excluding carboxylic acids is 2. The smallest absolute Gasteiger partial charge is 0.305 e. The van der Waals surface area contributed by atoms with Crippen molar-refractivity contribution in [2.45, 2.75) is 289 Å². The average Bonchev–Trinajstić information content (AvgIpc) is 3.26. The van der Waals surface area contributed by atoms with Crippen LogP contribution in [-0.4, -0.2) is 47.4 Å². The van der Waals surface area contributed by atoms with Gasteiger partial charge in [0.1, 0.15) is 0 Å². The van der Waals surface area contributed by atoms with Gasteiger partial charge in [0.2, 0.25) is 5.91 Å². The van der Waals surface area contributed by atoms with Crippen molar-refractivity contribution >= 4 is 11.9 Å². The third kappa shape index (κ3) is 47.4. The molecule has 0 aromatic rings. The number of nitrogens with one attached hydrogen (secondary N) is 1. The summed E-state index contributed by atoms with van der Waals surface area (Å²) in [4.78, 5) is 24.5. The van der Waals surface area contributed by atoms with Crippen LogP contribution in [0.1, 0.15) is 277 Å². The van der Waals surface area contributed by atoms with E-state index in [2.05, 4.69) is 43.5 Å². The van der Waals surface area contributed by atoms with E-state index in [4.69, 9.17) is 4.74 Å². The highest BCUT2D eigenvalue weighted by atomic mass is 16.5. The van der Waals surface area contributed by atoms with Gasteiger partial charge in [-0.25, -0.2) is 0 Å². The van der Waals surface area contributed by atoms with Crippen molar-refractivity contribution in [3.05, 3.63) is 36.5 Å². The molecule has 2 atom stereocenters. The number of amides is 1. The molecule has 0 heterocycles. The predicted molar refractivity (Wildman–Crippen MR) is 264 cm³/mol. The van der Waals surface area contributed by atoms with Gasteiger partial charge in [-0.1, -0.05) is 243 Å². The minimum atomic E-state index is -0.858. The minimum absolute atomic E-state index is 0.0308. The van der Waals surface area contributed by atoms with Gasteiger partial charge in [-0.15, -0.1) is 0 Å². The van der Waals surface area contributed by atoms with Crippen molar-refractivity contribution in [1.82, 2.24) is 5.32 Å². The number of hydrogen-bond acceptors (Lipinski definition) is 5. The van der Waals surface area contributed by atoms with Crippen LogP contribution in [0.15, 0.2) is 36.5 Å². The standard InChI is InChI=1S/C55H103NO5/c1-3-5-7-9-11-13-15-17-18-19-20-21-22-23-25-27-31-35-39-43-47-53(58)52(51-57)56-54(59)48-44-40-36-32-28-26-30-34-38-42-46-50-61-55(60)49-45-41-37-33-29-24-16-14-12-10-8-6-4-2/h8,10,14,16,43,47,52-53,57-58H,3-7,9,11-13,15,17-42,44-46,48-51H2,1-2H3,(H,56,59)/b10-8-,16-14-,47-43+. The molecule has 6 heteroatoms. The molecule has 6 nitrogen and oxygen atoms in total. The van der Waals surface area contributed by atoms with Gasteiger partial charge < -0.3 is 20.3 Å². The molecule has 3 N–H and O–H groups in total. The SMILES string of the molecule is CCC/C=C\C/C=C\CCCCCCCC(=O)OCCCCCCCCCCCCCC(=O)NC(CO)C(O)/C=C/CCCCCCCCCCCCCCCCCCCC. The van der Waals surface area contributed by atoms with Crippen LogP contribution in [0.2, 0.25) is 0 Å². The number of ether oxygens (including phenoxy) is 1. The fourth-order valence-corrected chi connectivity index (χ4v) is 8.02. The fraction of sp³-hybridized carbons (Fsp3) is 0.855. The summed E-state index contributed by atoms with van der Waals surface area (Å²) in [6.07, 6.45) is 61.4. The molecule has 0 saturated heterocycles. The number of unbranched alkanes of at least 4 members (excludes halogenated alkanes) is 34. The molecule has 0 aliphatic heterocycles. The Hall–Kier alpha value is -1.92. The first-order valence-electron chi connectivity index (χ1n) is 26.8. The summed E-state index contributed by atoms with van der Waals surface area (Å²) >= 11 is 0. The summed E-state index contributed by atoms with van der Waals surface area (Å²) in [6, 6.07) is -0.643. The molecule has 2 unspecified atom stereocenters. The molecule has 0 aliphatic carbocycles. The number of carbonyl (C=O) groups is 2. The second kappa shape index (κ2) is 50.7. The van der Waals surface area contributed by atoms with Crippen LogP contribution < -0.4 is 5.32 Å². The monoisotopic (exact) mass is 858 g/mol. The van der Waals surface area contributed by atoms with Crippen molar-refractivity contribution in [2.75, 3.05) is 13.2 Å². The fourth-order valence-electron chi connectivity index (χ4n) is 8.02. The summed E-state index contributed by atoms with van der Waals surface area (Å²) in [6.45, 7) is 4.79. The number of esters is 1. The molecule has 61 heavy (non-hydrogen) atoms. The molecule has 0 spiro atoms. The molecule has 0 fully saturated rings. The Morgan fingerprint density at radius 2 is 0.852 bits per heavy atom. The lowest BCUT2D eigenvalue weighted by Gasteiger charge is -2.20. The van der Waals surface area contributed by atoms with Gasteiger partial charge in [0.05, 0.1) is 25.4 Å².